The first-order valence-electron chi connectivity index (χ1n) is 7.26. The van der Waals surface area contributed by atoms with Crippen LogP contribution in [0, 0.1) is 34.6 Å². The molecule has 2 rings (SSSR count). The van der Waals surface area contributed by atoms with E-state index in [0.717, 1.165) is 0 Å². The van der Waals surface area contributed by atoms with Gasteiger partial charge in [0.25, 0.3) is 0 Å². The highest BCUT2D eigenvalue weighted by Crippen LogP contribution is 2.38. The fraction of sp³-hybridized carbons (Fsp3) is 0.267. The van der Waals surface area contributed by atoms with Gasteiger partial charge < -0.3 is 5.32 Å². The first-order valence-corrected chi connectivity index (χ1v) is 7.26. The van der Waals surface area contributed by atoms with E-state index in [1.54, 1.807) is 6.92 Å². The highest BCUT2D eigenvalue weighted by Gasteiger charge is 2.43. The third kappa shape index (κ3) is 3.57. The lowest BCUT2D eigenvalue weighted by atomic mass is 10.1. The number of halogens is 7. The molecule has 0 saturated heterocycles. The number of aromatic nitrogens is 2. The zero-order chi connectivity index (χ0) is 20.5. The number of amides is 1. The summed E-state index contributed by atoms with van der Waals surface area (Å²) >= 11 is 0. The van der Waals surface area contributed by atoms with E-state index in [2.05, 4.69) is 10.4 Å². The zero-order valence-corrected chi connectivity index (χ0v) is 13.4. The van der Waals surface area contributed by atoms with Crippen LogP contribution in [0.25, 0.3) is 5.69 Å². The van der Waals surface area contributed by atoms with Crippen molar-refractivity contribution in [2.24, 2.45) is 0 Å². The minimum absolute atomic E-state index is 0.0727. The Hall–Kier alpha value is -3.10. The monoisotopic (exact) mass is 394 g/mol. The van der Waals surface area contributed by atoms with E-state index in [4.69, 9.17) is 5.26 Å². The molecule has 144 valence electrons. The average molecular weight is 394 g/mol. The van der Waals surface area contributed by atoms with Crippen LogP contribution >= 0.6 is 0 Å². The van der Waals surface area contributed by atoms with Crippen LogP contribution in [0.5, 0.6) is 0 Å². The number of carbonyl (C=O) groups excluding carboxylic acids is 1. The molecule has 0 aliphatic carbocycles. The molecule has 1 heterocycles. The maximum Gasteiger partial charge on any atom is 0.422 e. The average Bonchev–Trinajstić information content (AvgIpc) is 2.95. The molecular weight excluding hydrogens is 385 g/mol. The molecule has 1 amide bonds. The Labute approximate surface area is 147 Å². The zero-order valence-electron chi connectivity index (χ0n) is 13.4. The molecule has 0 aliphatic rings. The molecule has 0 unspecified atom stereocenters. The Morgan fingerprint density at radius 3 is 2.19 bits per heavy atom. The van der Waals surface area contributed by atoms with E-state index in [-0.39, 0.29) is 11.1 Å². The van der Waals surface area contributed by atoms with Crippen LogP contribution in [0.4, 0.5) is 36.6 Å². The van der Waals surface area contributed by atoms with Gasteiger partial charge in [0, 0.05) is 6.42 Å². The van der Waals surface area contributed by atoms with Gasteiger partial charge in [0.1, 0.15) is 22.9 Å². The van der Waals surface area contributed by atoms with Gasteiger partial charge in [0.15, 0.2) is 29.1 Å². The standard InChI is InChI=1S/C15H9F7N4O/c1-2-3-7(27)25-14-6(4-23)5-24-26(14)13-11(18)9(16)8(15(20,21)22)10(17)12(13)19/h5H,2-3H2,1H3,(H,25,27). The first-order chi connectivity index (χ1) is 12.5. The summed E-state index contributed by atoms with van der Waals surface area (Å²) in [4.78, 5) is 11.7. The number of hydrogen-bond acceptors (Lipinski definition) is 3. The largest absolute Gasteiger partial charge is 0.422 e. The number of anilines is 1. The van der Waals surface area contributed by atoms with Crippen LogP contribution in [-0.2, 0) is 11.0 Å². The van der Waals surface area contributed by atoms with Crippen molar-refractivity contribution in [3.05, 3.63) is 40.6 Å². The van der Waals surface area contributed by atoms with E-state index < -0.39 is 58.0 Å². The molecule has 1 aromatic heterocycles. The number of nitrogens with one attached hydrogen (secondary N) is 1. The molecule has 0 spiro atoms. The van der Waals surface area contributed by atoms with Gasteiger partial charge in [-0.1, -0.05) is 6.92 Å². The molecule has 27 heavy (non-hydrogen) atoms. The van der Waals surface area contributed by atoms with Gasteiger partial charge in [-0.3, -0.25) is 4.79 Å². The van der Waals surface area contributed by atoms with E-state index in [1.807, 2.05) is 0 Å². The minimum Gasteiger partial charge on any atom is -0.309 e. The second-order valence-corrected chi connectivity index (χ2v) is 5.21. The van der Waals surface area contributed by atoms with Crippen LogP contribution in [0.1, 0.15) is 30.9 Å². The molecule has 12 heteroatoms. The highest BCUT2D eigenvalue weighted by molar-refractivity contribution is 5.91. The van der Waals surface area contributed by atoms with E-state index in [9.17, 15) is 35.5 Å². The third-order valence-electron chi connectivity index (χ3n) is 3.36. The van der Waals surface area contributed by atoms with Gasteiger partial charge in [-0.05, 0) is 6.42 Å². The molecule has 5 nitrogen and oxygen atoms in total. The molecule has 0 bridgehead atoms. The molecule has 0 radical (unpaired) electrons. The van der Waals surface area contributed by atoms with E-state index >= 15 is 0 Å². The molecule has 1 aromatic carbocycles. The van der Waals surface area contributed by atoms with Crippen molar-refractivity contribution in [3.8, 4) is 11.8 Å². The third-order valence-corrected chi connectivity index (χ3v) is 3.36. The van der Waals surface area contributed by atoms with Gasteiger partial charge in [-0.2, -0.15) is 23.5 Å². The number of nitrogens with zero attached hydrogens (tertiary/aromatic N) is 3. The Morgan fingerprint density at radius 1 is 1.19 bits per heavy atom. The molecule has 0 fully saturated rings. The molecule has 0 aliphatic heterocycles. The van der Waals surface area contributed by atoms with Crippen LogP contribution < -0.4 is 5.32 Å². The quantitative estimate of drug-likeness (QED) is 0.628. The lowest BCUT2D eigenvalue weighted by Gasteiger charge is -2.15. The molecule has 2 aromatic rings. The summed E-state index contributed by atoms with van der Waals surface area (Å²) in [7, 11) is 0. The van der Waals surface area contributed by atoms with Crippen LogP contribution in [-0.4, -0.2) is 15.7 Å². The number of hydrogen-bond donors (Lipinski definition) is 1. The lowest BCUT2D eigenvalue weighted by Crippen LogP contribution is -2.20. The lowest BCUT2D eigenvalue weighted by molar-refractivity contribution is -0.143. The topological polar surface area (TPSA) is 70.7 Å². The summed E-state index contributed by atoms with van der Waals surface area (Å²) in [6, 6.07) is 1.53. The number of nitriles is 1. The van der Waals surface area contributed by atoms with Crippen molar-refractivity contribution in [2.75, 3.05) is 5.32 Å². The van der Waals surface area contributed by atoms with Gasteiger partial charge in [-0.15, -0.1) is 0 Å². The molecule has 1 N–H and O–H groups in total. The van der Waals surface area contributed by atoms with Crippen molar-refractivity contribution in [1.82, 2.24) is 9.78 Å². The van der Waals surface area contributed by atoms with Gasteiger partial charge >= 0.3 is 6.18 Å². The predicted molar refractivity (Wildman–Crippen MR) is 76.7 cm³/mol. The van der Waals surface area contributed by atoms with Crippen LogP contribution in [0.3, 0.4) is 0 Å². The summed E-state index contributed by atoms with van der Waals surface area (Å²) in [5.74, 6) is -11.5. The molecule has 0 atom stereocenters. The second kappa shape index (κ2) is 7.26. The fourth-order valence-electron chi connectivity index (χ4n) is 2.20. The Bertz CT molecular complexity index is 914. The summed E-state index contributed by atoms with van der Waals surface area (Å²) in [6.07, 6.45) is -4.70. The Kier molecular flexibility index (Phi) is 5.43. The van der Waals surface area contributed by atoms with Gasteiger partial charge in [0.2, 0.25) is 5.91 Å². The van der Waals surface area contributed by atoms with Crippen LogP contribution in [0.2, 0.25) is 0 Å². The van der Waals surface area contributed by atoms with E-state index in [0.29, 0.717) is 12.6 Å². The summed E-state index contributed by atoms with van der Waals surface area (Å²) < 4.78 is 94.0. The number of benzene rings is 1. The summed E-state index contributed by atoms with van der Waals surface area (Å²) in [5, 5.41) is 14.4. The number of alkyl halides is 3. The number of carbonyl (C=O) groups is 1. The molecule has 0 saturated carbocycles. The smallest absolute Gasteiger partial charge is 0.309 e. The van der Waals surface area contributed by atoms with Gasteiger partial charge in [-0.25, -0.2) is 22.2 Å². The SMILES string of the molecule is CCCC(=O)Nc1c(C#N)cnn1-c1c(F)c(F)c(C(F)(F)F)c(F)c1F. The fourth-order valence-corrected chi connectivity index (χ4v) is 2.20. The number of rotatable bonds is 4. The Balaban J connectivity index is 2.76. The maximum atomic E-state index is 14.2. The summed E-state index contributed by atoms with van der Waals surface area (Å²) in [5.41, 5.74) is -4.82. The maximum absolute atomic E-state index is 14.2. The molecular formula is C15H9F7N4O. The first kappa shape index (κ1) is 20.2. The summed E-state index contributed by atoms with van der Waals surface area (Å²) in [6.45, 7) is 1.63. The minimum atomic E-state index is -5.70. The normalized spacial score (nSPS) is 11.4. The Morgan fingerprint density at radius 2 is 1.74 bits per heavy atom. The van der Waals surface area contributed by atoms with Crippen molar-refractivity contribution in [2.45, 2.75) is 25.9 Å². The van der Waals surface area contributed by atoms with Crippen molar-refractivity contribution in [3.63, 3.8) is 0 Å². The highest BCUT2D eigenvalue weighted by atomic mass is 19.4. The van der Waals surface area contributed by atoms with Crippen molar-refractivity contribution in [1.29, 1.82) is 5.26 Å². The van der Waals surface area contributed by atoms with Crippen LogP contribution in [0.15, 0.2) is 6.20 Å². The van der Waals surface area contributed by atoms with Crippen molar-refractivity contribution >= 4 is 11.7 Å². The van der Waals surface area contributed by atoms with E-state index in [1.165, 1.54) is 6.07 Å². The van der Waals surface area contributed by atoms with Crippen molar-refractivity contribution < 1.29 is 35.5 Å². The second-order valence-electron chi connectivity index (χ2n) is 5.21. The predicted octanol–water partition coefficient (Wildman–Crippen LogP) is 4.06. The van der Waals surface area contributed by atoms with Gasteiger partial charge in [0.05, 0.1) is 6.20 Å².